The highest BCUT2D eigenvalue weighted by Crippen LogP contribution is 2.25. The highest BCUT2D eigenvalue weighted by Gasteiger charge is 2.31. The van der Waals surface area contributed by atoms with Gasteiger partial charge in [0.1, 0.15) is 17.3 Å². The second kappa shape index (κ2) is 5.97. The summed E-state index contributed by atoms with van der Waals surface area (Å²) in [5.74, 6) is -2.04. The van der Waals surface area contributed by atoms with Gasteiger partial charge in [0.15, 0.2) is 0 Å². The lowest BCUT2D eigenvalue weighted by molar-refractivity contribution is -0.0107. The fourth-order valence-corrected chi connectivity index (χ4v) is 2.62. The van der Waals surface area contributed by atoms with Gasteiger partial charge < -0.3 is 15.3 Å². The van der Waals surface area contributed by atoms with Crippen molar-refractivity contribution in [2.24, 2.45) is 0 Å². The van der Waals surface area contributed by atoms with Crippen molar-refractivity contribution >= 4 is 11.6 Å². The van der Waals surface area contributed by atoms with E-state index in [1.807, 2.05) is 0 Å². The molecule has 0 saturated carbocycles. The van der Waals surface area contributed by atoms with Crippen LogP contribution in [0.5, 0.6) is 0 Å². The zero-order valence-corrected chi connectivity index (χ0v) is 12.2. The molecule has 1 heterocycles. The average molecular weight is 298 g/mol. The molecule has 1 fully saturated rings. The minimum Gasteiger partial charge on any atom is -0.388 e. The van der Waals surface area contributed by atoms with Gasteiger partial charge in [-0.3, -0.25) is 4.79 Å². The van der Waals surface area contributed by atoms with E-state index in [2.05, 4.69) is 5.32 Å². The fraction of sp³-hybridized carbons (Fsp3) is 0.533. The molecule has 0 aliphatic carbocycles. The van der Waals surface area contributed by atoms with Crippen LogP contribution in [0, 0.1) is 11.6 Å². The Labute approximate surface area is 122 Å². The first-order valence-corrected chi connectivity index (χ1v) is 7.08. The monoisotopic (exact) mass is 298 g/mol. The van der Waals surface area contributed by atoms with Gasteiger partial charge in [-0.15, -0.1) is 0 Å². The summed E-state index contributed by atoms with van der Waals surface area (Å²) in [6, 6.07) is 2.07. The van der Waals surface area contributed by atoms with Crippen molar-refractivity contribution in [1.82, 2.24) is 4.90 Å². The van der Waals surface area contributed by atoms with Crippen LogP contribution >= 0.6 is 0 Å². The Morgan fingerprint density at radius 3 is 2.57 bits per heavy atom. The SMILES string of the molecule is CCNc1c(F)cc(C(=O)N2CCCC(C)(O)C2)cc1F. The number of halogens is 2. The first-order chi connectivity index (χ1) is 9.84. The van der Waals surface area contributed by atoms with Gasteiger partial charge in [0, 0.05) is 25.2 Å². The molecule has 0 bridgehead atoms. The van der Waals surface area contributed by atoms with Crippen LogP contribution in [0.1, 0.15) is 37.0 Å². The molecule has 1 amide bonds. The summed E-state index contributed by atoms with van der Waals surface area (Å²) in [6.07, 6.45) is 1.28. The van der Waals surface area contributed by atoms with E-state index in [1.54, 1.807) is 13.8 Å². The molecular weight excluding hydrogens is 278 g/mol. The smallest absolute Gasteiger partial charge is 0.254 e. The molecule has 1 unspecified atom stereocenters. The molecule has 21 heavy (non-hydrogen) atoms. The van der Waals surface area contributed by atoms with E-state index in [9.17, 15) is 18.7 Å². The second-order valence-electron chi connectivity index (χ2n) is 5.67. The number of hydrogen-bond acceptors (Lipinski definition) is 3. The van der Waals surface area contributed by atoms with Crippen molar-refractivity contribution in [1.29, 1.82) is 0 Å². The molecule has 1 atom stereocenters. The zero-order chi connectivity index (χ0) is 15.6. The number of carbonyl (C=O) groups excluding carboxylic acids is 1. The number of hydrogen-bond donors (Lipinski definition) is 2. The van der Waals surface area contributed by atoms with Gasteiger partial charge in [0.05, 0.1) is 5.60 Å². The van der Waals surface area contributed by atoms with Crippen molar-refractivity contribution in [2.45, 2.75) is 32.3 Å². The fourth-order valence-electron chi connectivity index (χ4n) is 2.62. The van der Waals surface area contributed by atoms with E-state index < -0.39 is 23.1 Å². The molecule has 1 aliphatic rings. The lowest BCUT2D eigenvalue weighted by Crippen LogP contribution is -2.48. The molecule has 0 spiro atoms. The summed E-state index contributed by atoms with van der Waals surface area (Å²) in [5.41, 5.74) is -1.21. The third kappa shape index (κ3) is 3.50. The number of nitrogens with zero attached hydrogens (tertiary/aromatic N) is 1. The summed E-state index contributed by atoms with van der Waals surface area (Å²) >= 11 is 0. The zero-order valence-electron chi connectivity index (χ0n) is 12.2. The number of piperidine rings is 1. The first-order valence-electron chi connectivity index (χ1n) is 7.08. The standard InChI is InChI=1S/C15H20F2N2O2/c1-3-18-13-11(16)7-10(8-12(13)17)14(20)19-6-4-5-15(2,21)9-19/h7-8,18,21H,3-6,9H2,1-2H3. The minimum absolute atomic E-state index is 0.0376. The molecule has 1 aromatic rings. The summed E-state index contributed by atoms with van der Waals surface area (Å²) in [4.78, 5) is 13.8. The van der Waals surface area contributed by atoms with Crippen LogP contribution in [0.4, 0.5) is 14.5 Å². The van der Waals surface area contributed by atoms with Crippen molar-refractivity contribution in [3.63, 3.8) is 0 Å². The van der Waals surface area contributed by atoms with E-state index in [-0.39, 0.29) is 17.8 Å². The van der Waals surface area contributed by atoms with Gasteiger partial charge in [0.2, 0.25) is 0 Å². The topological polar surface area (TPSA) is 52.6 Å². The highest BCUT2D eigenvalue weighted by atomic mass is 19.1. The number of β-amino-alcohol motifs (C(OH)–C–C–N with tert-alkyl or cyclic N) is 1. The van der Waals surface area contributed by atoms with Crippen LogP contribution in [0.25, 0.3) is 0 Å². The Bertz CT molecular complexity index is 523. The minimum atomic E-state index is -0.950. The van der Waals surface area contributed by atoms with E-state index in [0.717, 1.165) is 12.1 Å². The van der Waals surface area contributed by atoms with Crippen molar-refractivity contribution < 1.29 is 18.7 Å². The summed E-state index contributed by atoms with van der Waals surface area (Å²) in [5, 5.41) is 12.6. The maximum Gasteiger partial charge on any atom is 0.254 e. The highest BCUT2D eigenvalue weighted by molar-refractivity contribution is 5.94. The summed E-state index contributed by atoms with van der Waals surface area (Å²) in [7, 11) is 0. The summed E-state index contributed by atoms with van der Waals surface area (Å²) < 4.78 is 27.7. The van der Waals surface area contributed by atoms with E-state index in [4.69, 9.17) is 0 Å². The Balaban J connectivity index is 2.23. The number of likely N-dealkylation sites (tertiary alicyclic amines) is 1. The Morgan fingerprint density at radius 1 is 1.43 bits per heavy atom. The number of carbonyl (C=O) groups is 1. The predicted molar refractivity (Wildman–Crippen MR) is 76.3 cm³/mol. The number of anilines is 1. The van der Waals surface area contributed by atoms with Gasteiger partial charge in [-0.25, -0.2) is 8.78 Å². The lowest BCUT2D eigenvalue weighted by atomic mass is 9.94. The molecule has 1 saturated heterocycles. The number of benzene rings is 1. The molecule has 0 aromatic heterocycles. The maximum absolute atomic E-state index is 13.9. The number of rotatable bonds is 3. The van der Waals surface area contributed by atoms with Crippen molar-refractivity contribution in [3.05, 3.63) is 29.3 Å². The maximum atomic E-state index is 13.9. The van der Waals surface area contributed by atoms with Crippen LogP contribution in [0.2, 0.25) is 0 Å². The van der Waals surface area contributed by atoms with Gasteiger partial charge in [-0.1, -0.05) is 0 Å². The number of amides is 1. The molecule has 2 N–H and O–H groups in total. The van der Waals surface area contributed by atoms with Crippen molar-refractivity contribution in [3.8, 4) is 0 Å². The van der Waals surface area contributed by atoms with Crippen molar-refractivity contribution in [2.75, 3.05) is 25.0 Å². The van der Waals surface area contributed by atoms with E-state index in [1.165, 1.54) is 4.90 Å². The molecular formula is C15H20F2N2O2. The molecule has 1 aromatic carbocycles. The molecule has 1 aliphatic heterocycles. The normalized spacial score (nSPS) is 22.2. The van der Waals surface area contributed by atoms with Crippen LogP contribution in [0.15, 0.2) is 12.1 Å². The van der Waals surface area contributed by atoms with Crippen LogP contribution in [0.3, 0.4) is 0 Å². The van der Waals surface area contributed by atoms with Gasteiger partial charge in [0.25, 0.3) is 5.91 Å². The number of aliphatic hydroxyl groups is 1. The molecule has 4 nitrogen and oxygen atoms in total. The molecule has 6 heteroatoms. The predicted octanol–water partition coefficient (Wildman–Crippen LogP) is 2.38. The molecule has 116 valence electrons. The summed E-state index contributed by atoms with van der Waals surface area (Å²) in [6.45, 7) is 4.42. The third-order valence-corrected chi connectivity index (χ3v) is 3.60. The first kappa shape index (κ1) is 15.7. The average Bonchev–Trinajstić information content (AvgIpc) is 2.40. The number of nitrogens with one attached hydrogen (secondary N) is 1. The Kier molecular flexibility index (Phi) is 4.46. The molecule has 2 rings (SSSR count). The van der Waals surface area contributed by atoms with Gasteiger partial charge in [-0.05, 0) is 38.8 Å². The second-order valence-corrected chi connectivity index (χ2v) is 5.67. The lowest BCUT2D eigenvalue weighted by Gasteiger charge is -2.36. The van der Waals surface area contributed by atoms with Crippen LogP contribution in [-0.4, -0.2) is 41.1 Å². The molecule has 0 radical (unpaired) electrons. The Hall–Kier alpha value is -1.69. The largest absolute Gasteiger partial charge is 0.388 e. The van der Waals surface area contributed by atoms with Crippen LogP contribution in [-0.2, 0) is 0 Å². The van der Waals surface area contributed by atoms with Gasteiger partial charge in [-0.2, -0.15) is 0 Å². The van der Waals surface area contributed by atoms with E-state index >= 15 is 0 Å². The van der Waals surface area contributed by atoms with Crippen LogP contribution < -0.4 is 5.32 Å². The Morgan fingerprint density at radius 2 is 2.05 bits per heavy atom. The van der Waals surface area contributed by atoms with Gasteiger partial charge >= 0.3 is 0 Å². The van der Waals surface area contributed by atoms with E-state index in [0.29, 0.717) is 25.9 Å². The quantitative estimate of drug-likeness (QED) is 0.901. The third-order valence-electron chi connectivity index (χ3n) is 3.60.